The van der Waals surface area contributed by atoms with Gasteiger partial charge in [0.2, 0.25) is 0 Å². The molecule has 1 heterocycles. The average molecular weight is 530 g/mol. The summed E-state index contributed by atoms with van der Waals surface area (Å²) in [5.41, 5.74) is 1.64. The minimum atomic E-state index is -0.264. The van der Waals surface area contributed by atoms with Crippen molar-refractivity contribution in [3.05, 3.63) is 11.6 Å². The monoisotopic (exact) mass is 529 g/mol. The van der Waals surface area contributed by atoms with Gasteiger partial charge in [-0.2, -0.15) is 0 Å². The van der Waals surface area contributed by atoms with Crippen LogP contribution in [-0.2, 0) is 0 Å². The molecule has 5 aliphatic rings. The summed E-state index contributed by atoms with van der Waals surface area (Å²) in [6, 6.07) is 0. The molecular formula is C33H59N3O2. The van der Waals surface area contributed by atoms with Gasteiger partial charge in [-0.15, -0.1) is 0 Å². The lowest BCUT2D eigenvalue weighted by atomic mass is 9.38. The van der Waals surface area contributed by atoms with Crippen LogP contribution in [0.5, 0.6) is 0 Å². The van der Waals surface area contributed by atoms with Crippen molar-refractivity contribution in [2.75, 3.05) is 45.8 Å². The molecule has 4 aliphatic carbocycles. The minimum absolute atomic E-state index is 0.0811. The molecule has 9 atom stereocenters. The molecule has 3 saturated carbocycles. The molecule has 4 fully saturated rings. The Bertz CT molecular complexity index is 868. The van der Waals surface area contributed by atoms with Crippen LogP contribution in [0, 0.1) is 45.3 Å². The predicted molar refractivity (Wildman–Crippen MR) is 157 cm³/mol. The summed E-state index contributed by atoms with van der Waals surface area (Å²) < 4.78 is 0. The summed E-state index contributed by atoms with van der Waals surface area (Å²) in [6.07, 6.45) is 11.0. The molecule has 0 unspecified atom stereocenters. The van der Waals surface area contributed by atoms with Gasteiger partial charge in [-0.1, -0.05) is 53.2 Å². The molecule has 0 aromatic rings. The number of fused-ring (bicyclic) bond motifs is 5. The highest BCUT2D eigenvalue weighted by Gasteiger charge is 2.70. The fraction of sp³-hybridized carbons (Fsp3) is 0.939. The van der Waals surface area contributed by atoms with E-state index >= 15 is 0 Å². The molecule has 1 aliphatic heterocycles. The fourth-order valence-corrected chi connectivity index (χ4v) is 10.7. The molecule has 5 nitrogen and oxygen atoms in total. The van der Waals surface area contributed by atoms with E-state index in [1.807, 2.05) is 0 Å². The van der Waals surface area contributed by atoms with E-state index in [-0.39, 0.29) is 33.9 Å². The summed E-state index contributed by atoms with van der Waals surface area (Å²) in [5, 5.41) is 30.0. The van der Waals surface area contributed by atoms with Crippen molar-refractivity contribution in [3.8, 4) is 0 Å². The zero-order valence-electron chi connectivity index (χ0n) is 25.5. The second-order valence-electron chi connectivity index (χ2n) is 15.3. The number of aliphatic hydroxyl groups excluding tert-OH is 2. The fourth-order valence-electron chi connectivity index (χ4n) is 10.7. The number of hydrogen-bond donors (Lipinski definition) is 4. The Kier molecular flexibility index (Phi) is 8.21. The lowest BCUT2D eigenvalue weighted by Gasteiger charge is -2.67. The van der Waals surface area contributed by atoms with Crippen molar-refractivity contribution < 1.29 is 10.2 Å². The van der Waals surface area contributed by atoms with Crippen molar-refractivity contribution >= 4 is 0 Å². The first kappa shape index (κ1) is 29.0. The van der Waals surface area contributed by atoms with Crippen LogP contribution in [0.3, 0.4) is 0 Å². The van der Waals surface area contributed by atoms with E-state index in [4.69, 9.17) is 0 Å². The third-order valence-electron chi connectivity index (χ3n) is 13.5. The van der Waals surface area contributed by atoms with Crippen LogP contribution in [0.25, 0.3) is 0 Å². The van der Waals surface area contributed by atoms with Crippen molar-refractivity contribution in [2.45, 2.75) is 105 Å². The van der Waals surface area contributed by atoms with Crippen molar-refractivity contribution in [1.29, 1.82) is 0 Å². The Balaban J connectivity index is 1.23. The van der Waals surface area contributed by atoms with E-state index in [9.17, 15) is 10.2 Å². The Labute approximate surface area is 233 Å². The van der Waals surface area contributed by atoms with E-state index in [1.54, 1.807) is 0 Å². The van der Waals surface area contributed by atoms with Gasteiger partial charge in [-0.3, -0.25) is 4.90 Å². The van der Waals surface area contributed by atoms with Crippen LogP contribution in [0.2, 0.25) is 0 Å². The molecule has 0 spiro atoms. The molecule has 0 aromatic heterocycles. The summed E-state index contributed by atoms with van der Waals surface area (Å²) in [5.74, 6) is 2.32. The molecule has 0 radical (unpaired) electrons. The summed E-state index contributed by atoms with van der Waals surface area (Å²) in [7, 11) is 0. The maximum Gasteiger partial charge on any atom is 0.0628 e. The van der Waals surface area contributed by atoms with Crippen LogP contribution < -0.4 is 10.6 Å². The maximum atomic E-state index is 12.0. The first-order valence-electron chi connectivity index (χ1n) is 16.2. The second kappa shape index (κ2) is 10.7. The predicted octanol–water partition coefficient (Wildman–Crippen LogP) is 4.83. The summed E-state index contributed by atoms with van der Waals surface area (Å²) in [6.45, 7) is 22.6. The van der Waals surface area contributed by atoms with Crippen LogP contribution in [-0.4, -0.2) is 73.1 Å². The summed E-state index contributed by atoms with van der Waals surface area (Å²) in [4.78, 5) is 2.56. The Morgan fingerprint density at radius 2 is 1.74 bits per heavy atom. The third kappa shape index (κ3) is 4.55. The van der Waals surface area contributed by atoms with E-state index in [0.717, 1.165) is 51.9 Å². The Morgan fingerprint density at radius 3 is 2.47 bits per heavy atom. The van der Waals surface area contributed by atoms with Crippen LogP contribution in [0.4, 0.5) is 0 Å². The number of allylic oxidation sites excluding steroid dienone is 1. The highest BCUT2D eigenvalue weighted by Crippen LogP contribution is 2.74. The molecule has 0 aromatic carbocycles. The number of rotatable bonds is 8. The van der Waals surface area contributed by atoms with E-state index < -0.39 is 0 Å². The first-order chi connectivity index (χ1) is 18.0. The van der Waals surface area contributed by atoms with Crippen molar-refractivity contribution in [2.24, 2.45) is 45.3 Å². The molecule has 0 amide bonds. The smallest absolute Gasteiger partial charge is 0.0628 e. The molecule has 4 N–H and O–H groups in total. The Morgan fingerprint density at radius 1 is 1.00 bits per heavy atom. The van der Waals surface area contributed by atoms with E-state index in [2.05, 4.69) is 63.2 Å². The largest absolute Gasteiger partial charge is 0.393 e. The van der Waals surface area contributed by atoms with Gasteiger partial charge < -0.3 is 20.8 Å². The van der Waals surface area contributed by atoms with Gasteiger partial charge in [0, 0.05) is 50.1 Å². The van der Waals surface area contributed by atoms with Gasteiger partial charge in [0.25, 0.3) is 0 Å². The highest BCUT2D eigenvalue weighted by atomic mass is 16.3. The van der Waals surface area contributed by atoms with Gasteiger partial charge in [0.15, 0.2) is 0 Å². The van der Waals surface area contributed by atoms with E-state index in [1.165, 1.54) is 50.9 Å². The molecule has 5 heteroatoms. The van der Waals surface area contributed by atoms with Gasteiger partial charge >= 0.3 is 0 Å². The standard InChI is InChI=1S/C33H59N3O2/c1-23(8-7-15-34-16-19-36-20-17-35-18-21-36)24-13-14-31(4)27-11-9-25-26(10-12-28(37)30(25,2)3)33(27,6)29(38)22-32(24,31)5/h9,23-24,26-29,34-35,37-38H,7-8,10-22H2,1-6H3/t23-,24-,26-,27+,28+,29-,31+,32-,33+/m1/s1. The van der Waals surface area contributed by atoms with Gasteiger partial charge in [-0.25, -0.2) is 0 Å². The normalized spacial score (nSPS) is 45.6. The molecule has 1 saturated heterocycles. The average Bonchev–Trinajstić information content (AvgIpc) is 3.15. The number of hydrogen-bond acceptors (Lipinski definition) is 5. The van der Waals surface area contributed by atoms with E-state index in [0.29, 0.717) is 23.7 Å². The number of nitrogens with one attached hydrogen (secondary N) is 2. The molecule has 5 rings (SSSR count). The molecule has 38 heavy (non-hydrogen) atoms. The molecule has 0 bridgehead atoms. The van der Waals surface area contributed by atoms with Gasteiger partial charge in [-0.05, 0) is 92.4 Å². The van der Waals surface area contributed by atoms with Crippen LogP contribution in [0.1, 0.15) is 92.9 Å². The molecule has 218 valence electrons. The minimum Gasteiger partial charge on any atom is -0.393 e. The SMILES string of the molecule is C[C@H](CCCNCCN1CCNCC1)[C@H]1CC[C@@]2(C)[C@@H]3CC=C4[C@@H](CC[C@H](O)C4(C)C)[C@]3(C)[C@H](O)C[C@]12C. The topological polar surface area (TPSA) is 67.8 Å². The highest BCUT2D eigenvalue weighted by molar-refractivity contribution is 5.31. The van der Waals surface area contributed by atoms with Gasteiger partial charge in [0.05, 0.1) is 12.2 Å². The Hall–Kier alpha value is -0.460. The number of aliphatic hydroxyl groups is 2. The first-order valence-corrected chi connectivity index (χ1v) is 16.2. The zero-order chi connectivity index (χ0) is 27.3. The lowest BCUT2D eigenvalue weighted by molar-refractivity contribution is -0.204. The van der Waals surface area contributed by atoms with Gasteiger partial charge in [0.1, 0.15) is 0 Å². The van der Waals surface area contributed by atoms with Crippen LogP contribution in [0.15, 0.2) is 11.6 Å². The maximum absolute atomic E-state index is 12.0. The van der Waals surface area contributed by atoms with Crippen molar-refractivity contribution in [3.63, 3.8) is 0 Å². The quantitative estimate of drug-likeness (QED) is 0.268. The number of nitrogens with zero attached hydrogens (tertiary/aromatic N) is 1. The second-order valence-corrected chi connectivity index (χ2v) is 15.3. The summed E-state index contributed by atoms with van der Waals surface area (Å²) >= 11 is 0. The van der Waals surface area contributed by atoms with Crippen molar-refractivity contribution in [1.82, 2.24) is 15.5 Å². The lowest BCUT2D eigenvalue weighted by Crippen LogP contribution is -2.64. The third-order valence-corrected chi connectivity index (χ3v) is 13.5. The number of piperazine rings is 1. The molecular weight excluding hydrogens is 470 g/mol. The zero-order valence-corrected chi connectivity index (χ0v) is 25.5. The van der Waals surface area contributed by atoms with Crippen LogP contribution >= 0.6 is 0 Å².